The number of amides is 2. The lowest BCUT2D eigenvalue weighted by Crippen LogP contribution is -2.28. The highest BCUT2D eigenvalue weighted by Gasteiger charge is 2.13. The molecule has 21 heavy (non-hydrogen) atoms. The number of benzene rings is 1. The third kappa shape index (κ3) is 4.27. The number of carboxylic acids is 1. The average molecular weight is 373 g/mol. The van der Waals surface area contributed by atoms with Gasteiger partial charge in [-0.2, -0.15) is 0 Å². The number of anilines is 1. The van der Waals surface area contributed by atoms with Crippen LogP contribution in [0.5, 0.6) is 0 Å². The number of halogens is 2. The molecule has 8 heteroatoms. The number of carbonyl (C=O) groups is 2. The second-order valence-corrected chi connectivity index (χ2v) is 5.95. The highest BCUT2D eigenvalue weighted by atomic mass is 79.9. The van der Waals surface area contributed by atoms with Gasteiger partial charge in [-0.3, -0.25) is 0 Å². The quantitative estimate of drug-likeness (QED) is 0.765. The maximum absolute atomic E-state index is 13.1. The van der Waals surface area contributed by atoms with Gasteiger partial charge in [0.25, 0.3) is 0 Å². The number of nitrogens with one attached hydrogen (secondary N) is 2. The Labute approximate surface area is 131 Å². The van der Waals surface area contributed by atoms with Crippen molar-refractivity contribution < 1.29 is 19.1 Å². The van der Waals surface area contributed by atoms with Crippen LogP contribution < -0.4 is 10.6 Å². The van der Waals surface area contributed by atoms with Crippen LogP contribution in [0.2, 0.25) is 0 Å². The normalized spacial score (nSPS) is 10.2. The van der Waals surface area contributed by atoms with Crippen LogP contribution in [0, 0.1) is 5.82 Å². The van der Waals surface area contributed by atoms with Crippen molar-refractivity contribution in [3.63, 3.8) is 0 Å². The molecular formula is C13H10BrFN2O3S. The van der Waals surface area contributed by atoms with Crippen LogP contribution in [0.4, 0.5) is 14.9 Å². The Kier molecular flexibility index (Phi) is 4.92. The molecular weight excluding hydrogens is 363 g/mol. The molecule has 1 aromatic carbocycles. The van der Waals surface area contributed by atoms with E-state index in [0.29, 0.717) is 6.54 Å². The van der Waals surface area contributed by atoms with E-state index in [2.05, 4.69) is 26.6 Å². The van der Waals surface area contributed by atoms with Gasteiger partial charge in [0, 0.05) is 14.7 Å². The summed E-state index contributed by atoms with van der Waals surface area (Å²) < 4.78 is 14.1. The zero-order chi connectivity index (χ0) is 15.4. The Bertz CT molecular complexity index is 690. The summed E-state index contributed by atoms with van der Waals surface area (Å²) >= 11 is 4.77. The maximum Gasteiger partial charge on any atom is 0.337 e. The molecule has 0 radical (unpaired) electrons. The molecule has 110 valence electrons. The van der Waals surface area contributed by atoms with Crippen molar-refractivity contribution >= 4 is 45.0 Å². The summed E-state index contributed by atoms with van der Waals surface area (Å²) in [5.41, 5.74) is -0.266. The summed E-state index contributed by atoms with van der Waals surface area (Å²) in [5, 5.41) is 15.8. The second-order valence-electron chi connectivity index (χ2n) is 4.03. The van der Waals surface area contributed by atoms with Crippen LogP contribution in [0.3, 0.4) is 0 Å². The molecule has 3 N–H and O–H groups in total. The molecule has 0 aliphatic heterocycles. The van der Waals surface area contributed by atoms with E-state index in [1.807, 2.05) is 11.4 Å². The fourth-order valence-electron chi connectivity index (χ4n) is 1.59. The van der Waals surface area contributed by atoms with Gasteiger partial charge in [0.05, 0.1) is 17.8 Å². The van der Waals surface area contributed by atoms with Gasteiger partial charge in [0.15, 0.2) is 0 Å². The van der Waals surface area contributed by atoms with Gasteiger partial charge < -0.3 is 15.7 Å². The molecule has 0 atom stereocenters. The minimum Gasteiger partial charge on any atom is -0.478 e. The summed E-state index contributed by atoms with van der Waals surface area (Å²) in [4.78, 5) is 23.7. The Morgan fingerprint density at radius 1 is 1.33 bits per heavy atom. The smallest absolute Gasteiger partial charge is 0.337 e. The Morgan fingerprint density at radius 2 is 2.10 bits per heavy atom. The second kappa shape index (κ2) is 6.68. The van der Waals surface area contributed by atoms with Gasteiger partial charge in [-0.1, -0.05) is 0 Å². The van der Waals surface area contributed by atoms with Crippen molar-refractivity contribution in [3.8, 4) is 0 Å². The zero-order valence-corrected chi connectivity index (χ0v) is 12.9. The van der Waals surface area contributed by atoms with Gasteiger partial charge >= 0.3 is 12.0 Å². The first-order valence-corrected chi connectivity index (χ1v) is 7.43. The van der Waals surface area contributed by atoms with Crippen LogP contribution in [0.15, 0.2) is 34.1 Å². The molecule has 2 rings (SSSR count). The van der Waals surface area contributed by atoms with Gasteiger partial charge in [-0.05, 0) is 40.2 Å². The lowest BCUT2D eigenvalue weighted by Gasteiger charge is -2.09. The predicted octanol–water partition coefficient (Wildman–Crippen LogP) is 3.67. The van der Waals surface area contributed by atoms with E-state index in [-0.39, 0.29) is 11.3 Å². The summed E-state index contributed by atoms with van der Waals surface area (Å²) in [7, 11) is 0. The molecule has 2 aromatic rings. The Hall–Kier alpha value is -1.93. The van der Waals surface area contributed by atoms with E-state index in [1.165, 1.54) is 11.3 Å². The molecule has 1 heterocycles. The topological polar surface area (TPSA) is 78.4 Å². The van der Waals surface area contributed by atoms with Gasteiger partial charge in [0.1, 0.15) is 5.82 Å². The van der Waals surface area contributed by atoms with Crippen LogP contribution in [0.1, 0.15) is 15.2 Å². The Balaban J connectivity index is 2.02. The van der Waals surface area contributed by atoms with Crippen molar-refractivity contribution in [2.45, 2.75) is 6.54 Å². The lowest BCUT2D eigenvalue weighted by molar-refractivity contribution is 0.0698. The summed E-state index contributed by atoms with van der Waals surface area (Å²) in [5.74, 6) is -1.87. The highest BCUT2D eigenvalue weighted by Crippen LogP contribution is 2.20. The zero-order valence-electron chi connectivity index (χ0n) is 10.5. The molecule has 1 aromatic heterocycles. The van der Waals surface area contributed by atoms with Crippen LogP contribution in [-0.4, -0.2) is 17.1 Å². The van der Waals surface area contributed by atoms with Crippen LogP contribution in [0.25, 0.3) is 0 Å². The maximum atomic E-state index is 13.1. The molecule has 0 saturated heterocycles. The van der Waals surface area contributed by atoms with Crippen molar-refractivity contribution in [1.29, 1.82) is 0 Å². The first-order valence-electron chi connectivity index (χ1n) is 5.76. The van der Waals surface area contributed by atoms with E-state index in [4.69, 9.17) is 5.11 Å². The van der Waals surface area contributed by atoms with E-state index in [1.54, 1.807) is 0 Å². The minimum atomic E-state index is -1.24. The third-order valence-electron chi connectivity index (χ3n) is 2.51. The van der Waals surface area contributed by atoms with Crippen LogP contribution >= 0.6 is 27.3 Å². The molecule has 0 bridgehead atoms. The molecule has 0 aliphatic rings. The third-order valence-corrected chi connectivity index (χ3v) is 4.20. The fourth-order valence-corrected chi connectivity index (χ4v) is 2.98. The molecule has 5 nitrogen and oxygen atoms in total. The average Bonchev–Trinajstić information content (AvgIpc) is 2.82. The van der Waals surface area contributed by atoms with Crippen molar-refractivity contribution in [2.75, 3.05) is 5.32 Å². The SMILES string of the molecule is O=C(NCc1cc(Br)cs1)Nc1cc(F)ccc1C(=O)O. The summed E-state index contributed by atoms with van der Waals surface area (Å²) in [6, 6.07) is 4.34. The van der Waals surface area contributed by atoms with Crippen molar-refractivity contribution in [3.05, 3.63) is 50.4 Å². The number of hydrogen-bond donors (Lipinski definition) is 3. The molecule has 0 unspecified atom stereocenters. The van der Waals surface area contributed by atoms with Gasteiger partial charge in [-0.25, -0.2) is 14.0 Å². The van der Waals surface area contributed by atoms with E-state index in [9.17, 15) is 14.0 Å². The van der Waals surface area contributed by atoms with Gasteiger partial charge in [-0.15, -0.1) is 11.3 Å². The first kappa shape index (κ1) is 15.5. The lowest BCUT2D eigenvalue weighted by atomic mass is 10.2. The molecule has 0 fully saturated rings. The Morgan fingerprint density at radius 3 is 2.71 bits per heavy atom. The molecule has 0 saturated carbocycles. The highest BCUT2D eigenvalue weighted by molar-refractivity contribution is 9.10. The van der Waals surface area contributed by atoms with Crippen molar-refractivity contribution in [2.24, 2.45) is 0 Å². The molecule has 0 spiro atoms. The van der Waals surface area contributed by atoms with Crippen molar-refractivity contribution in [1.82, 2.24) is 5.32 Å². The van der Waals surface area contributed by atoms with E-state index in [0.717, 1.165) is 27.5 Å². The molecule has 2 amide bonds. The number of hydrogen-bond acceptors (Lipinski definition) is 3. The first-order chi connectivity index (χ1) is 9.95. The monoisotopic (exact) mass is 372 g/mol. The van der Waals surface area contributed by atoms with E-state index < -0.39 is 17.8 Å². The number of carbonyl (C=O) groups excluding carboxylic acids is 1. The number of carboxylic acid groups (broad SMARTS) is 1. The summed E-state index contributed by atoms with van der Waals surface area (Å²) in [6.45, 7) is 0.291. The standard InChI is InChI=1S/C13H10BrFN2O3S/c14-7-3-9(21-6-7)5-16-13(20)17-11-4-8(15)1-2-10(11)12(18)19/h1-4,6H,5H2,(H,18,19)(H2,16,17,20). The number of thiophene rings is 1. The predicted molar refractivity (Wildman–Crippen MR) is 81.2 cm³/mol. The minimum absolute atomic E-state index is 0.0904. The van der Waals surface area contributed by atoms with E-state index >= 15 is 0 Å². The number of urea groups is 1. The summed E-state index contributed by atoms with van der Waals surface area (Å²) in [6.07, 6.45) is 0. The van der Waals surface area contributed by atoms with Crippen LogP contribution in [-0.2, 0) is 6.54 Å². The fraction of sp³-hybridized carbons (Fsp3) is 0.0769. The van der Waals surface area contributed by atoms with Gasteiger partial charge in [0.2, 0.25) is 0 Å². The number of rotatable bonds is 4. The largest absolute Gasteiger partial charge is 0.478 e. The number of aromatic carboxylic acids is 1. The molecule has 0 aliphatic carbocycles.